The molecule has 0 saturated heterocycles. The molecule has 1 aliphatic rings. The van der Waals surface area contributed by atoms with E-state index in [2.05, 4.69) is 9.88 Å². The van der Waals surface area contributed by atoms with E-state index in [9.17, 15) is 10.1 Å². The van der Waals surface area contributed by atoms with Gasteiger partial charge >= 0.3 is 0 Å². The quantitative estimate of drug-likeness (QED) is 0.575. The number of hydrogen-bond acceptors (Lipinski definition) is 5. The van der Waals surface area contributed by atoms with Crippen molar-refractivity contribution >= 4 is 28.1 Å². The molecule has 0 atom stereocenters. The number of aryl methyl sites for hydroxylation is 1. The summed E-state index contributed by atoms with van der Waals surface area (Å²) in [4.78, 5) is 15.5. The molecule has 0 amide bonds. The van der Waals surface area contributed by atoms with Crippen molar-refractivity contribution in [3.05, 3.63) is 57.9 Å². The highest BCUT2D eigenvalue weighted by Gasteiger charge is 2.28. The van der Waals surface area contributed by atoms with Crippen molar-refractivity contribution in [2.75, 3.05) is 5.32 Å². The first-order chi connectivity index (χ1) is 12.1. The Bertz CT molecular complexity index is 1040. The van der Waals surface area contributed by atoms with Crippen LogP contribution < -0.4 is 5.32 Å². The van der Waals surface area contributed by atoms with Crippen LogP contribution in [-0.4, -0.2) is 14.5 Å². The fourth-order valence-electron chi connectivity index (χ4n) is 3.02. The molecular formula is C18H15N5O2. The number of aromatic nitrogens is 2. The van der Waals surface area contributed by atoms with Crippen molar-refractivity contribution in [3.63, 3.8) is 0 Å². The van der Waals surface area contributed by atoms with E-state index in [4.69, 9.17) is 10.2 Å². The molecule has 0 unspecified atom stereocenters. The summed E-state index contributed by atoms with van der Waals surface area (Å²) in [5.41, 5.74) is 3.11. The zero-order chi connectivity index (χ0) is 17.6. The number of fused-ring (bicyclic) bond motifs is 1. The number of nitro benzene ring substituents is 1. The average Bonchev–Trinajstić information content (AvgIpc) is 3.39. The van der Waals surface area contributed by atoms with Gasteiger partial charge in [0.1, 0.15) is 11.5 Å². The van der Waals surface area contributed by atoms with Crippen molar-refractivity contribution in [3.8, 4) is 6.07 Å². The monoisotopic (exact) mass is 333 g/mol. The van der Waals surface area contributed by atoms with E-state index in [-0.39, 0.29) is 11.3 Å². The van der Waals surface area contributed by atoms with Gasteiger partial charge in [0.05, 0.1) is 27.6 Å². The number of nitriles is 1. The van der Waals surface area contributed by atoms with Gasteiger partial charge in [-0.05, 0) is 43.2 Å². The number of nitrogens with zero attached hydrogens (tertiary/aromatic N) is 4. The van der Waals surface area contributed by atoms with Crippen molar-refractivity contribution < 1.29 is 4.92 Å². The molecule has 4 rings (SSSR count). The van der Waals surface area contributed by atoms with Gasteiger partial charge in [0, 0.05) is 24.7 Å². The van der Waals surface area contributed by atoms with Crippen molar-refractivity contribution in [2.45, 2.75) is 18.8 Å². The van der Waals surface area contributed by atoms with Crippen LogP contribution in [0.5, 0.6) is 0 Å². The van der Waals surface area contributed by atoms with Gasteiger partial charge in [-0.15, -0.1) is 0 Å². The van der Waals surface area contributed by atoms with Gasteiger partial charge in [-0.25, -0.2) is 4.98 Å². The zero-order valence-electron chi connectivity index (χ0n) is 13.6. The minimum Gasteiger partial charge on any atom is -0.350 e. The Morgan fingerprint density at radius 1 is 1.32 bits per heavy atom. The lowest BCUT2D eigenvalue weighted by molar-refractivity contribution is -0.383. The normalized spacial score (nSPS) is 13.6. The van der Waals surface area contributed by atoms with Crippen LogP contribution in [0.25, 0.3) is 11.0 Å². The molecule has 1 aliphatic carbocycles. The Morgan fingerprint density at radius 3 is 2.80 bits per heavy atom. The smallest absolute Gasteiger partial charge is 0.293 e. The maximum atomic E-state index is 11.3. The highest BCUT2D eigenvalue weighted by molar-refractivity contribution is 5.82. The Morgan fingerprint density at radius 2 is 2.12 bits per heavy atom. The molecule has 7 nitrogen and oxygen atoms in total. The maximum absolute atomic E-state index is 11.3. The van der Waals surface area contributed by atoms with E-state index in [1.807, 2.05) is 31.3 Å². The first-order valence-electron chi connectivity index (χ1n) is 7.99. The largest absolute Gasteiger partial charge is 0.350 e. The average molecular weight is 333 g/mol. The first-order valence-corrected chi connectivity index (χ1v) is 7.99. The lowest BCUT2D eigenvalue weighted by Crippen LogP contribution is -1.98. The fourth-order valence-corrected chi connectivity index (χ4v) is 3.02. The number of imidazole rings is 1. The molecule has 7 heteroatoms. The number of nitro groups is 1. The first kappa shape index (κ1) is 15.1. The zero-order valence-corrected chi connectivity index (χ0v) is 13.6. The van der Waals surface area contributed by atoms with E-state index in [0.29, 0.717) is 11.6 Å². The highest BCUT2D eigenvalue weighted by Crippen LogP contribution is 2.40. The van der Waals surface area contributed by atoms with E-state index in [1.165, 1.54) is 18.9 Å². The summed E-state index contributed by atoms with van der Waals surface area (Å²) in [6.07, 6.45) is 2.36. The van der Waals surface area contributed by atoms with E-state index >= 15 is 0 Å². The topological polar surface area (TPSA) is 96.8 Å². The molecule has 0 spiro atoms. The minimum atomic E-state index is -0.492. The predicted octanol–water partition coefficient (Wildman–Crippen LogP) is 3.97. The standard InChI is InChI=1S/C18H15N5O2/c1-22-16-7-5-13(9-15(16)21-18(22)12-3-4-12)20-14-6-2-11(10-19)8-17(14)23(24)25/h2,5-9,12,20H,3-4H2,1H3. The number of rotatable bonds is 4. The Hall–Kier alpha value is -3.40. The second kappa shape index (κ2) is 5.60. The van der Waals surface area contributed by atoms with Crippen molar-refractivity contribution in [2.24, 2.45) is 7.05 Å². The third-order valence-electron chi connectivity index (χ3n) is 4.46. The Kier molecular flexibility index (Phi) is 3.39. The molecule has 1 heterocycles. The third kappa shape index (κ3) is 2.68. The molecular weight excluding hydrogens is 318 g/mol. The van der Waals surface area contributed by atoms with Gasteiger partial charge in [-0.2, -0.15) is 5.26 Å². The second-order valence-corrected chi connectivity index (χ2v) is 6.23. The summed E-state index contributed by atoms with van der Waals surface area (Å²) in [6.45, 7) is 0. The second-order valence-electron chi connectivity index (χ2n) is 6.23. The molecule has 2 aromatic carbocycles. The van der Waals surface area contributed by atoms with Crippen LogP contribution in [0.1, 0.15) is 30.1 Å². The number of hydrogen-bond donors (Lipinski definition) is 1. The lowest BCUT2D eigenvalue weighted by Gasteiger charge is -2.07. The summed E-state index contributed by atoms with van der Waals surface area (Å²) in [7, 11) is 2.02. The molecule has 1 aromatic heterocycles. The third-order valence-corrected chi connectivity index (χ3v) is 4.46. The maximum Gasteiger partial charge on any atom is 0.293 e. The van der Waals surface area contributed by atoms with Gasteiger partial charge in [-0.3, -0.25) is 10.1 Å². The van der Waals surface area contributed by atoms with Crippen LogP contribution in [0.2, 0.25) is 0 Å². The molecule has 1 N–H and O–H groups in total. The van der Waals surface area contributed by atoms with Gasteiger partial charge in [0.25, 0.3) is 5.69 Å². The van der Waals surface area contributed by atoms with Gasteiger partial charge in [0.15, 0.2) is 0 Å². The van der Waals surface area contributed by atoms with Crippen molar-refractivity contribution in [1.82, 2.24) is 9.55 Å². The van der Waals surface area contributed by atoms with Gasteiger partial charge in [-0.1, -0.05) is 0 Å². The van der Waals surface area contributed by atoms with Crippen LogP contribution in [0.15, 0.2) is 36.4 Å². The summed E-state index contributed by atoms with van der Waals surface area (Å²) in [5, 5.41) is 23.3. The van der Waals surface area contributed by atoms with Crippen LogP contribution in [0.3, 0.4) is 0 Å². The minimum absolute atomic E-state index is 0.126. The molecule has 0 radical (unpaired) electrons. The van der Waals surface area contributed by atoms with Crippen LogP contribution in [0.4, 0.5) is 17.1 Å². The Labute approximate surface area is 143 Å². The SMILES string of the molecule is Cn1c(C2CC2)nc2cc(Nc3ccc(C#N)cc3[N+](=O)[O-])ccc21. The summed E-state index contributed by atoms with van der Waals surface area (Å²) in [6, 6.07) is 12.0. The van der Waals surface area contributed by atoms with E-state index in [0.717, 1.165) is 22.5 Å². The highest BCUT2D eigenvalue weighted by atomic mass is 16.6. The van der Waals surface area contributed by atoms with E-state index < -0.39 is 4.92 Å². The predicted molar refractivity (Wildman–Crippen MR) is 93.8 cm³/mol. The number of nitrogens with one attached hydrogen (secondary N) is 1. The molecule has 1 fully saturated rings. The van der Waals surface area contributed by atoms with E-state index in [1.54, 1.807) is 12.1 Å². The molecule has 25 heavy (non-hydrogen) atoms. The fraction of sp³-hybridized carbons (Fsp3) is 0.222. The van der Waals surface area contributed by atoms with Crippen LogP contribution >= 0.6 is 0 Å². The van der Waals surface area contributed by atoms with Crippen LogP contribution in [-0.2, 0) is 7.05 Å². The Balaban J connectivity index is 1.71. The lowest BCUT2D eigenvalue weighted by atomic mass is 10.1. The number of benzene rings is 2. The van der Waals surface area contributed by atoms with Crippen molar-refractivity contribution in [1.29, 1.82) is 5.26 Å². The molecule has 0 bridgehead atoms. The summed E-state index contributed by atoms with van der Waals surface area (Å²) < 4.78 is 2.11. The molecule has 0 aliphatic heterocycles. The molecule has 124 valence electrons. The van der Waals surface area contributed by atoms with Gasteiger partial charge in [0.2, 0.25) is 0 Å². The summed E-state index contributed by atoms with van der Waals surface area (Å²) in [5.74, 6) is 1.64. The van der Waals surface area contributed by atoms with Crippen LogP contribution in [0, 0.1) is 21.4 Å². The molecule has 3 aromatic rings. The number of anilines is 2. The van der Waals surface area contributed by atoms with Gasteiger partial charge < -0.3 is 9.88 Å². The molecule has 1 saturated carbocycles. The summed E-state index contributed by atoms with van der Waals surface area (Å²) >= 11 is 0.